The number of hydrogen-bond acceptors (Lipinski definition) is 6. The molecule has 172 valence electrons. The quantitative estimate of drug-likeness (QED) is 0.220. The summed E-state index contributed by atoms with van der Waals surface area (Å²) in [7, 11) is 0. The van der Waals surface area contributed by atoms with Crippen molar-refractivity contribution in [2.24, 2.45) is 0 Å². The van der Waals surface area contributed by atoms with Crippen LogP contribution in [0.15, 0.2) is 83.0 Å². The molecule has 2 aromatic carbocycles. The van der Waals surface area contributed by atoms with E-state index in [9.17, 15) is 19.5 Å². The summed E-state index contributed by atoms with van der Waals surface area (Å²) in [6, 6.07) is 17.8. The minimum absolute atomic E-state index is 0.0193. The molecule has 1 aliphatic rings. The third kappa shape index (κ3) is 4.63. The van der Waals surface area contributed by atoms with Crippen LogP contribution in [0.2, 0.25) is 0 Å². The number of aliphatic hydroxyl groups excluding tert-OH is 1. The van der Waals surface area contributed by atoms with E-state index in [1.807, 2.05) is 0 Å². The molecule has 1 atom stereocenters. The number of benzene rings is 2. The summed E-state index contributed by atoms with van der Waals surface area (Å²) >= 11 is 3.35. The number of esters is 1. The standard InChI is InChI=1S/C26H21BrN2O5/c1-2-34-26(33)18-8-6-16(7-9-18)15-29-22(20-5-3-4-14-28-20)21(24(31)25(29)32)23(30)17-10-12-19(27)13-11-17/h3-14,22,30H,2,15H2,1H3/b23-21+. The SMILES string of the molecule is CCOC(=O)c1ccc(CN2C(=O)C(=O)/C(=C(/O)c3ccc(Br)cc3)C2c2ccccn2)cc1. The molecule has 0 radical (unpaired) electrons. The fourth-order valence-corrected chi connectivity index (χ4v) is 4.07. The maximum absolute atomic E-state index is 13.1. The molecule has 8 heteroatoms. The molecule has 0 bridgehead atoms. The van der Waals surface area contributed by atoms with Crippen molar-refractivity contribution in [3.05, 3.63) is 105 Å². The van der Waals surface area contributed by atoms with Crippen LogP contribution in [-0.2, 0) is 20.9 Å². The topological polar surface area (TPSA) is 96.8 Å². The first-order valence-electron chi connectivity index (χ1n) is 10.6. The van der Waals surface area contributed by atoms with Crippen LogP contribution in [0.5, 0.6) is 0 Å². The van der Waals surface area contributed by atoms with Crippen molar-refractivity contribution in [2.45, 2.75) is 19.5 Å². The van der Waals surface area contributed by atoms with Crippen LogP contribution in [0.4, 0.5) is 0 Å². The Morgan fingerprint density at radius 3 is 2.32 bits per heavy atom. The number of pyridine rings is 1. The molecule has 3 aromatic rings. The van der Waals surface area contributed by atoms with Gasteiger partial charge < -0.3 is 14.7 Å². The highest BCUT2D eigenvalue weighted by Gasteiger charge is 2.46. The Kier molecular flexibility index (Phi) is 6.88. The Labute approximate surface area is 204 Å². The minimum Gasteiger partial charge on any atom is -0.507 e. The number of ketones is 1. The Morgan fingerprint density at radius 2 is 1.71 bits per heavy atom. The van der Waals surface area contributed by atoms with Crippen LogP contribution >= 0.6 is 15.9 Å². The van der Waals surface area contributed by atoms with Crippen molar-refractivity contribution in [1.82, 2.24) is 9.88 Å². The van der Waals surface area contributed by atoms with Crippen molar-refractivity contribution in [3.8, 4) is 0 Å². The van der Waals surface area contributed by atoms with Crippen LogP contribution < -0.4 is 0 Å². The van der Waals surface area contributed by atoms with Crippen molar-refractivity contribution >= 4 is 39.3 Å². The number of carbonyl (C=O) groups excluding carboxylic acids is 3. The predicted molar refractivity (Wildman–Crippen MR) is 129 cm³/mol. The number of rotatable bonds is 6. The van der Waals surface area contributed by atoms with Gasteiger partial charge in [-0.15, -0.1) is 0 Å². The number of halogens is 1. The van der Waals surface area contributed by atoms with E-state index in [-0.39, 0.29) is 24.5 Å². The molecule has 1 amide bonds. The zero-order valence-corrected chi connectivity index (χ0v) is 19.9. The van der Waals surface area contributed by atoms with Gasteiger partial charge in [-0.1, -0.05) is 46.3 Å². The number of amides is 1. The van der Waals surface area contributed by atoms with Gasteiger partial charge in [-0.3, -0.25) is 14.6 Å². The second-order valence-electron chi connectivity index (χ2n) is 7.61. The van der Waals surface area contributed by atoms with Gasteiger partial charge in [0.15, 0.2) is 0 Å². The molecular formula is C26H21BrN2O5. The van der Waals surface area contributed by atoms with E-state index in [1.54, 1.807) is 79.9 Å². The lowest BCUT2D eigenvalue weighted by atomic mass is 9.98. The average molecular weight is 521 g/mol. The van der Waals surface area contributed by atoms with Gasteiger partial charge in [-0.2, -0.15) is 0 Å². The highest BCUT2D eigenvalue weighted by atomic mass is 79.9. The number of likely N-dealkylation sites (tertiary alicyclic amines) is 1. The fourth-order valence-electron chi connectivity index (χ4n) is 3.81. The zero-order chi connectivity index (χ0) is 24.2. The molecule has 1 aliphatic heterocycles. The molecule has 0 aliphatic carbocycles. The van der Waals surface area contributed by atoms with Crippen LogP contribution in [-0.4, -0.2) is 39.3 Å². The molecule has 1 unspecified atom stereocenters. The third-order valence-electron chi connectivity index (χ3n) is 5.44. The van der Waals surface area contributed by atoms with Crippen molar-refractivity contribution < 1.29 is 24.2 Å². The van der Waals surface area contributed by atoms with E-state index in [0.717, 1.165) is 4.47 Å². The van der Waals surface area contributed by atoms with E-state index in [2.05, 4.69) is 20.9 Å². The number of aliphatic hydroxyl groups is 1. The Hall–Kier alpha value is -3.78. The smallest absolute Gasteiger partial charge is 0.338 e. The summed E-state index contributed by atoms with van der Waals surface area (Å²) in [6.07, 6.45) is 1.57. The second-order valence-corrected chi connectivity index (χ2v) is 8.52. The van der Waals surface area contributed by atoms with Gasteiger partial charge in [0.1, 0.15) is 11.8 Å². The number of carbonyl (C=O) groups is 3. The summed E-state index contributed by atoms with van der Waals surface area (Å²) in [4.78, 5) is 43.8. The van der Waals surface area contributed by atoms with Crippen molar-refractivity contribution in [1.29, 1.82) is 0 Å². The van der Waals surface area contributed by atoms with Gasteiger partial charge in [0.05, 0.1) is 23.4 Å². The van der Waals surface area contributed by atoms with Gasteiger partial charge in [0.2, 0.25) is 0 Å². The van der Waals surface area contributed by atoms with E-state index >= 15 is 0 Å². The first kappa shape index (κ1) is 23.4. The number of aromatic nitrogens is 1. The molecule has 1 saturated heterocycles. The van der Waals surface area contributed by atoms with Crippen molar-refractivity contribution in [2.75, 3.05) is 6.61 Å². The summed E-state index contributed by atoms with van der Waals surface area (Å²) in [5, 5.41) is 11.0. The van der Waals surface area contributed by atoms with Gasteiger partial charge in [0.25, 0.3) is 11.7 Å². The summed E-state index contributed by atoms with van der Waals surface area (Å²) < 4.78 is 5.82. The molecule has 2 heterocycles. The first-order valence-corrected chi connectivity index (χ1v) is 11.4. The lowest BCUT2D eigenvalue weighted by Crippen LogP contribution is -2.29. The van der Waals surface area contributed by atoms with E-state index in [0.29, 0.717) is 22.4 Å². The van der Waals surface area contributed by atoms with Crippen LogP contribution in [0.1, 0.15) is 40.1 Å². The fraction of sp³-hybridized carbons (Fsp3) is 0.154. The summed E-state index contributed by atoms with van der Waals surface area (Å²) in [6.45, 7) is 2.09. The highest BCUT2D eigenvalue weighted by molar-refractivity contribution is 9.10. The molecule has 0 saturated carbocycles. The highest BCUT2D eigenvalue weighted by Crippen LogP contribution is 2.39. The van der Waals surface area contributed by atoms with Crippen LogP contribution in [0, 0.1) is 0 Å². The molecule has 1 N–H and O–H groups in total. The van der Waals surface area contributed by atoms with E-state index in [1.165, 1.54) is 4.90 Å². The van der Waals surface area contributed by atoms with E-state index in [4.69, 9.17) is 4.74 Å². The first-order chi connectivity index (χ1) is 16.4. The molecule has 7 nitrogen and oxygen atoms in total. The molecule has 1 aromatic heterocycles. The number of Topliss-reactive ketones (excluding diaryl/α,β-unsaturated/α-hetero) is 1. The van der Waals surface area contributed by atoms with Gasteiger partial charge in [-0.25, -0.2) is 4.79 Å². The lowest BCUT2D eigenvalue weighted by molar-refractivity contribution is -0.140. The number of ether oxygens (including phenoxy) is 1. The molecule has 4 rings (SSSR count). The molecule has 34 heavy (non-hydrogen) atoms. The molecular weight excluding hydrogens is 500 g/mol. The molecule has 0 spiro atoms. The monoisotopic (exact) mass is 520 g/mol. The normalized spacial score (nSPS) is 17.1. The molecule has 1 fully saturated rings. The Balaban J connectivity index is 1.74. The average Bonchev–Trinajstić information content (AvgIpc) is 3.10. The van der Waals surface area contributed by atoms with Gasteiger partial charge >= 0.3 is 5.97 Å². The maximum atomic E-state index is 13.1. The predicted octanol–water partition coefficient (Wildman–Crippen LogP) is 4.64. The van der Waals surface area contributed by atoms with Gasteiger partial charge in [-0.05, 0) is 48.9 Å². The Bertz CT molecular complexity index is 1250. The number of nitrogens with zero attached hydrogens (tertiary/aromatic N) is 2. The lowest BCUT2D eigenvalue weighted by Gasteiger charge is -2.24. The Morgan fingerprint density at radius 1 is 1.03 bits per heavy atom. The largest absolute Gasteiger partial charge is 0.507 e. The third-order valence-corrected chi connectivity index (χ3v) is 5.97. The summed E-state index contributed by atoms with van der Waals surface area (Å²) in [5.74, 6) is -2.21. The number of hydrogen-bond donors (Lipinski definition) is 1. The zero-order valence-electron chi connectivity index (χ0n) is 18.3. The van der Waals surface area contributed by atoms with Crippen LogP contribution in [0.3, 0.4) is 0 Å². The van der Waals surface area contributed by atoms with E-state index < -0.39 is 23.7 Å². The summed E-state index contributed by atoms with van der Waals surface area (Å²) in [5.41, 5.74) is 1.96. The van der Waals surface area contributed by atoms with Crippen LogP contribution in [0.25, 0.3) is 5.76 Å². The maximum Gasteiger partial charge on any atom is 0.338 e. The minimum atomic E-state index is -0.866. The van der Waals surface area contributed by atoms with Crippen molar-refractivity contribution in [3.63, 3.8) is 0 Å². The van der Waals surface area contributed by atoms with Gasteiger partial charge in [0, 0.05) is 22.8 Å². The second kappa shape index (κ2) is 10.0.